The molecule has 1 saturated heterocycles. The first-order valence-corrected chi connectivity index (χ1v) is 10.4. The smallest absolute Gasteiger partial charge is 0.416 e. The highest BCUT2D eigenvalue weighted by Crippen LogP contribution is 2.31. The van der Waals surface area contributed by atoms with Gasteiger partial charge in [0.05, 0.1) is 6.04 Å². The number of carbonyl (C=O) groups is 1. The Hall–Kier alpha value is -3.18. The molecule has 1 aromatic carbocycles. The molecule has 3 aromatic rings. The molecule has 0 radical (unpaired) electrons. The molecule has 5 rings (SSSR count). The van der Waals surface area contributed by atoms with E-state index in [2.05, 4.69) is 19.7 Å². The number of rotatable bonds is 7. The van der Waals surface area contributed by atoms with Gasteiger partial charge in [0.1, 0.15) is 26.1 Å². The van der Waals surface area contributed by atoms with Crippen molar-refractivity contribution in [3.05, 3.63) is 42.5 Å². The van der Waals surface area contributed by atoms with Gasteiger partial charge < -0.3 is 19.5 Å². The highest BCUT2D eigenvalue weighted by atomic mass is 32.1. The van der Waals surface area contributed by atoms with E-state index in [-0.39, 0.29) is 12.1 Å². The van der Waals surface area contributed by atoms with Gasteiger partial charge in [0.2, 0.25) is 11.1 Å². The van der Waals surface area contributed by atoms with Gasteiger partial charge in [0.15, 0.2) is 11.5 Å². The Morgan fingerprint density at radius 2 is 2.10 bits per heavy atom. The molecule has 2 aliphatic heterocycles. The zero-order valence-corrected chi connectivity index (χ0v) is 16.9. The number of imidazole rings is 1. The lowest BCUT2D eigenvalue weighted by atomic mass is 10.1. The minimum absolute atomic E-state index is 0.0890. The Morgan fingerprint density at radius 1 is 1.20 bits per heavy atom. The van der Waals surface area contributed by atoms with E-state index in [1.165, 1.54) is 11.5 Å². The van der Waals surface area contributed by atoms with Crippen molar-refractivity contribution < 1.29 is 19.0 Å². The van der Waals surface area contributed by atoms with Crippen LogP contribution < -0.4 is 19.7 Å². The lowest BCUT2D eigenvalue weighted by Crippen LogP contribution is -2.35. The summed E-state index contributed by atoms with van der Waals surface area (Å²) in [5.74, 6) is 2.06. The van der Waals surface area contributed by atoms with Gasteiger partial charge in [0.25, 0.3) is 0 Å². The Bertz CT molecular complexity index is 1020. The SMILES string of the molecule is O=C1OCC(CCNCc2ccc3c(c2)OCCO3)N1c1nc(-n2ccnc2)ns1. The molecule has 1 atom stereocenters. The van der Waals surface area contributed by atoms with Crippen molar-refractivity contribution in [1.29, 1.82) is 0 Å². The van der Waals surface area contributed by atoms with Gasteiger partial charge in [-0.05, 0) is 30.7 Å². The Balaban J connectivity index is 1.17. The number of benzene rings is 1. The van der Waals surface area contributed by atoms with Crippen molar-refractivity contribution in [3.8, 4) is 17.4 Å². The summed E-state index contributed by atoms with van der Waals surface area (Å²) in [6.07, 6.45) is 5.37. The van der Waals surface area contributed by atoms with Crippen molar-refractivity contribution in [2.24, 2.45) is 0 Å². The van der Waals surface area contributed by atoms with Crippen LogP contribution in [0.15, 0.2) is 36.9 Å². The van der Waals surface area contributed by atoms with Crippen molar-refractivity contribution >= 4 is 22.8 Å². The minimum Gasteiger partial charge on any atom is -0.486 e. The molecule has 11 heteroatoms. The largest absolute Gasteiger partial charge is 0.486 e. The molecule has 1 amide bonds. The number of carbonyl (C=O) groups excluding carboxylic acids is 1. The topological polar surface area (TPSA) is 104 Å². The fourth-order valence-electron chi connectivity index (χ4n) is 3.39. The zero-order valence-electron chi connectivity index (χ0n) is 16.1. The lowest BCUT2D eigenvalue weighted by Gasteiger charge is -2.19. The fourth-order valence-corrected chi connectivity index (χ4v) is 4.13. The van der Waals surface area contributed by atoms with Crippen LogP contribution in [-0.2, 0) is 11.3 Å². The predicted molar refractivity (Wildman–Crippen MR) is 108 cm³/mol. The molecular weight excluding hydrogens is 408 g/mol. The molecule has 2 aromatic heterocycles. The first-order chi connectivity index (χ1) is 14.8. The first kappa shape index (κ1) is 18.8. The molecular formula is C19H20N6O4S. The number of hydrogen-bond acceptors (Lipinski definition) is 9. The molecule has 10 nitrogen and oxygen atoms in total. The Morgan fingerprint density at radius 3 is 2.97 bits per heavy atom. The van der Waals surface area contributed by atoms with Crippen LogP contribution >= 0.6 is 11.5 Å². The molecule has 30 heavy (non-hydrogen) atoms. The van der Waals surface area contributed by atoms with E-state index in [9.17, 15) is 4.79 Å². The van der Waals surface area contributed by atoms with Crippen molar-refractivity contribution in [2.75, 3.05) is 31.3 Å². The van der Waals surface area contributed by atoms with Gasteiger partial charge in [-0.15, -0.1) is 0 Å². The standard InChI is InChI=1S/C19H20N6O4S/c26-19-25(18-22-17(23-30-18)24-6-5-21-12-24)14(11-29-19)3-4-20-10-13-1-2-15-16(9-13)28-8-7-27-15/h1-2,5-6,9,12,14,20H,3-4,7-8,10-11H2. The second-order valence-electron chi connectivity index (χ2n) is 6.89. The van der Waals surface area contributed by atoms with E-state index in [1.807, 2.05) is 18.2 Å². The van der Waals surface area contributed by atoms with Crippen LogP contribution in [0, 0.1) is 0 Å². The Kier molecular flexibility index (Phi) is 5.20. The normalized spacial score (nSPS) is 17.9. The molecule has 4 heterocycles. The number of nitrogens with zero attached hydrogens (tertiary/aromatic N) is 5. The molecule has 156 valence electrons. The van der Waals surface area contributed by atoms with Crippen molar-refractivity contribution in [1.82, 2.24) is 24.2 Å². The van der Waals surface area contributed by atoms with Crippen molar-refractivity contribution in [3.63, 3.8) is 0 Å². The summed E-state index contributed by atoms with van der Waals surface area (Å²) < 4.78 is 22.4. The zero-order chi connectivity index (χ0) is 20.3. The maximum atomic E-state index is 12.2. The number of cyclic esters (lactones) is 1. The molecule has 0 aliphatic carbocycles. The van der Waals surface area contributed by atoms with Gasteiger partial charge >= 0.3 is 6.09 Å². The molecule has 0 bridgehead atoms. The van der Waals surface area contributed by atoms with Gasteiger partial charge in [-0.3, -0.25) is 4.57 Å². The molecule has 1 fully saturated rings. The van der Waals surface area contributed by atoms with Crippen LogP contribution in [-0.4, -0.2) is 57.4 Å². The average molecular weight is 428 g/mol. The van der Waals surface area contributed by atoms with E-state index >= 15 is 0 Å². The van der Waals surface area contributed by atoms with E-state index in [0.717, 1.165) is 30.0 Å². The number of fused-ring (bicyclic) bond motifs is 1. The lowest BCUT2D eigenvalue weighted by molar-refractivity contribution is 0.171. The second kappa shape index (κ2) is 8.28. The fraction of sp³-hybridized carbons (Fsp3) is 0.368. The number of amides is 1. The first-order valence-electron chi connectivity index (χ1n) is 9.65. The highest BCUT2D eigenvalue weighted by molar-refractivity contribution is 7.10. The molecule has 1 unspecified atom stereocenters. The summed E-state index contributed by atoms with van der Waals surface area (Å²) in [7, 11) is 0. The van der Waals surface area contributed by atoms with Crippen LogP contribution in [0.4, 0.5) is 9.93 Å². The second-order valence-corrected chi connectivity index (χ2v) is 7.62. The third kappa shape index (κ3) is 3.81. The summed E-state index contributed by atoms with van der Waals surface area (Å²) in [6, 6.07) is 5.86. The van der Waals surface area contributed by atoms with Crippen LogP contribution in [0.5, 0.6) is 11.5 Å². The van der Waals surface area contributed by atoms with Gasteiger partial charge in [-0.1, -0.05) is 6.07 Å². The van der Waals surface area contributed by atoms with E-state index in [4.69, 9.17) is 14.2 Å². The van der Waals surface area contributed by atoms with Gasteiger partial charge in [-0.25, -0.2) is 14.7 Å². The van der Waals surface area contributed by atoms with E-state index in [0.29, 0.717) is 37.4 Å². The summed E-state index contributed by atoms with van der Waals surface area (Å²) in [5, 5.41) is 3.94. The van der Waals surface area contributed by atoms with Crippen LogP contribution in [0.1, 0.15) is 12.0 Å². The summed E-state index contributed by atoms with van der Waals surface area (Å²) in [5.41, 5.74) is 1.11. The maximum Gasteiger partial charge on any atom is 0.416 e. The van der Waals surface area contributed by atoms with E-state index in [1.54, 1.807) is 28.2 Å². The number of aromatic nitrogens is 4. The van der Waals surface area contributed by atoms with Gasteiger partial charge in [0, 0.05) is 30.5 Å². The highest BCUT2D eigenvalue weighted by Gasteiger charge is 2.36. The third-order valence-electron chi connectivity index (χ3n) is 4.90. The maximum absolute atomic E-state index is 12.2. The monoisotopic (exact) mass is 428 g/mol. The third-order valence-corrected chi connectivity index (χ3v) is 5.60. The Labute approximate surface area is 176 Å². The summed E-state index contributed by atoms with van der Waals surface area (Å²) >= 11 is 1.17. The summed E-state index contributed by atoms with van der Waals surface area (Å²) in [4.78, 5) is 22.3. The quantitative estimate of drug-likeness (QED) is 0.570. The van der Waals surface area contributed by atoms with Gasteiger partial charge in [-0.2, -0.15) is 9.36 Å². The van der Waals surface area contributed by atoms with Crippen LogP contribution in [0.25, 0.3) is 5.95 Å². The molecule has 2 aliphatic rings. The molecule has 0 saturated carbocycles. The number of ether oxygens (including phenoxy) is 3. The number of nitrogens with one attached hydrogen (secondary N) is 1. The van der Waals surface area contributed by atoms with Crippen LogP contribution in [0.3, 0.4) is 0 Å². The number of hydrogen-bond donors (Lipinski definition) is 1. The molecule has 1 N–H and O–H groups in total. The number of anilines is 1. The average Bonchev–Trinajstić information content (AvgIpc) is 3.52. The van der Waals surface area contributed by atoms with Crippen molar-refractivity contribution in [2.45, 2.75) is 19.0 Å². The van der Waals surface area contributed by atoms with E-state index < -0.39 is 0 Å². The predicted octanol–water partition coefficient (Wildman–Crippen LogP) is 2.00. The minimum atomic E-state index is -0.389. The molecule has 0 spiro atoms. The van der Waals surface area contributed by atoms with Crippen LogP contribution in [0.2, 0.25) is 0 Å². The summed E-state index contributed by atoms with van der Waals surface area (Å²) in [6.45, 7) is 2.91.